The Morgan fingerprint density at radius 1 is 1.09 bits per heavy atom. The molecule has 3 aromatic rings. The average Bonchev–Trinajstić information content (AvgIpc) is 3.20. The highest BCUT2D eigenvalue weighted by Gasteiger charge is 2.17. The summed E-state index contributed by atoms with van der Waals surface area (Å²) in [4.78, 5) is 31.0. The van der Waals surface area contributed by atoms with Gasteiger partial charge < -0.3 is 10.3 Å². The second kappa shape index (κ2) is 10.0. The second-order valence-electron chi connectivity index (χ2n) is 6.97. The van der Waals surface area contributed by atoms with E-state index in [9.17, 15) is 13.2 Å². The number of benzene rings is 1. The Morgan fingerprint density at radius 3 is 2.38 bits per heavy atom. The minimum atomic E-state index is -3.96. The van der Waals surface area contributed by atoms with Gasteiger partial charge in [-0.3, -0.25) is 15.1 Å². The summed E-state index contributed by atoms with van der Waals surface area (Å²) >= 11 is 0. The van der Waals surface area contributed by atoms with Gasteiger partial charge in [-0.05, 0) is 44.2 Å². The van der Waals surface area contributed by atoms with Crippen molar-refractivity contribution in [2.45, 2.75) is 32.1 Å². The van der Waals surface area contributed by atoms with E-state index in [1.807, 2.05) is 13.8 Å². The van der Waals surface area contributed by atoms with Gasteiger partial charge in [-0.25, -0.2) is 28.1 Å². The minimum absolute atomic E-state index is 0.0102. The number of H-pyrrole nitrogens is 1. The van der Waals surface area contributed by atoms with Crippen LogP contribution < -0.4 is 15.4 Å². The highest BCUT2D eigenvalue weighted by atomic mass is 32.2. The van der Waals surface area contributed by atoms with Gasteiger partial charge in [-0.2, -0.15) is 0 Å². The monoisotopic (exact) mass is 456 g/mol. The third-order valence-corrected chi connectivity index (χ3v) is 5.49. The topological polar surface area (TPSA) is 154 Å². The largest absolute Gasteiger partial charge is 0.348 e. The van der Waals surface area contributed by atoms with E-state index in [0.29, 0.717) is 18.7 Å². The molecular formula is C20H24N8O3S. The number of aliphatic imine (C=N–C) groups is 1. The molecule has 11 nitrogen and oxygen atoms in total. The summed E-state index contributed by atoms with van der Waals surface area (Å²) in [5.41, 5.74) is 2.82. The Balaban J connectivity index is 1.81. The molecule has 0 atom stereocenters. The summed E-state index contributed by atoms with van der Waals surface area (Å²) in [5, 5.41) is 5.45. The van der Waals surface area contributed by atoms with Crippen molar-refractivity contribution in [3.05, 3.63) is 59.9 Å². The molecule has 2 aromatic heterocycles. The van der Waals surface area contributed by atoms with Crippen LogP contribution in [-0.2, 0) is 21.2 Å². The van der Waals surface area contributed by atoms with Crippen LogP contribution in [0, 0.1) is 13.8 Å². The number of rotatable bonds is 7. The Hall–Kier alpha value is -3.80. The molecule has 2 heterocycles. The third kappa shape index (κ3) is 6.60. The maximum atomic E-state index is 12.9. The van der Waals surface area contributed by atoms with Crippen LogP contribution in [-0.4, -0.2) is 46.8 Å². The summed E-state index contributed by atoms with van der Waals surface area (Å²) in [5.74, 6) is -0.0324. The maximum absolute atomic E-state index is 12.9. The summed E-state index contributed by atoms with van der Waals surface area (Å²) in [6.45, 7) is 5.30. The van der Waals surface area contributed by atoms with E-state index < -0.39 is 10.0 Å². The highest BCUT2D eigenvalue weighted by Crippen LogP contribution is 2.14. The van der Waals surface area contributed by atoms with Crippen molar-refractivity contribution in [3.63, 3.8) is 0 Å². The van der Waals surface area contributed by atoms with Gasteiger partial charge in [-0.1, -0.05) is 0 Å². The van der Waals surface area contributed by atoms with Crippen LogP contribution >= 0.6 is 0 Å². The fourth-order valence-corrected chi connectivity index (χ4v) is 3.78. The van der Waals surface area contributed by atoms with Gasteiger partial charge in [-0.15, -0.1) is 0 Å². The van der Waals surface area contributed by atoms with Crippen LogP contribution in [0.2, 0.25) is 0 Å². The van der Waals surface area contributed by atoms with Crippen molar-refractivity contribution in [3.8, 4) is 0 Å². The zero-order chi connectivity index (χ0) is 23.1. The zero-order valence-electron chi connectivity index (χ0n) is 17.9. The lowest BCUT2D eigenvalue weighted by Gasteiger charge is -2.13. The van der Waals surface area contributed by atoms with E-state index in [0.717, 1.165) is 17.1 Å². The van der Waals surface area contributed by atoms with E-state index in [1.54, 1.807) is 18.6 Å². The van der Waals surface area contributed by atoms with E-state index in [2.05, 4.69) is 40.3 Å². The van der Waals surface area contributed by atoms with Gasteiger partial charge in [0.25, 0.3) is 10.0 Å². The molecule has 0 fully saturated rings. The van der Waals surface area contributed by atoms with Gasteiger partial charge in [0.2, 0.25) is 17.8 Å². The van der Waals surface area contributed by atoms with Gasteiger partial charge in [0, 0.05) is 48.9 Å². The lowest BCUT2D eigenvalue weighted by atomic mass is 10.3. The van der Waals surface area contributed by atoms with E-state index in [1.165, 1.54) is 31.2 Å². The Labute approximate surface area is 185 Å². The molecule has 32 heavy (non-hydrogen) atoms. The molecule has 1 aromatic carbocycles. The van der Waals surface area contributed by atoms with Crippen molar-refractivity contribution >= 4 is 33.5 Å². The number of guanidine groups is 1. The number of amides is 1. The first-order chi connectivity index (χ1) is 15.2. The maximum Gasteiger partial charge on any atom is 0.264 e. The molecule has 0 bridgehead atoms. The zero-order valence-corrected chi connectivity index (χ0v) is 18.7. The number of hydrogen-bond acceptors (Lipinski definition) is 7. The number of aromatic nitrogens is 4. The molecule has 0 spiro atoms. The molecule has 4 N–H and O–H groups in total. The van der Waals surface area contributed by atoms with Crippen LogP contribution in [0.25, 0.3) is 0 Å². The Bertz CT molecular complexity index is 1190. The molecule has 0 aliphatic rings. The molecule has 3 rings (SSSR count). The Kier molecular flexibility index (Phi) is 7.15. The average molecular weight is 457 g/mol. The predicted octanol–water partition coefficient (Wildman–Crippen LogP) is 1.76. The number of nitrogens with one attached hydrogen (secondary N) is 4. The van der Waals surface area contributed by atoms with Gasteiger partial charge in [0.1, 0.15) is 0 Å². The predicted molar refractivity (Wildman–Crippen MR) is 121 cm³/mol. The summed E-state index contributed by atoms with van der Waals surface area (Å²) < 4.78 is 28.3. The lowest BCUT2D eigenvalue weighted by molar-refractivity contribution is -0.114. The van der Waals surface area contributed by atoms with Crippen LogP contribution in [0.3, 0.4) is 0 Å². The number of aryl methyl sites for hydroxylation is 2. The number of carbonyl (C=O) groups excluding carboxylic acids is 1. The summed E-state index contributed by atoms with van der Waals surface area (Å²) in [7, 11) is -3.96. The molecular weight excluding hydrogens is 432 g/mol. The Morgan fingerprint density at radius 2 is 1.78 bits per heavy atom. The van der Waals surface area contributed by atoms with Crippen molar-refractivity contribution in [2.75, 3.05) is 17.2 Å². The first-order valence-corrected chi connectivity index (χ1v) is 11.2. The summed E-state index contributed by atoms with van der Waals surface area (Å²) in [6, 6.07) is 7.60. The number of hydrogen-bond donors (Lipinski definition) is 4. The normalized spacial score (nSPS) is 11.8. The lowest BCUT2D eigenvalue weighted by Crippen LogP contribution is -2.37. The number of carbonyl (C=O) groups is 1. The minimum Gasteiger partial charge on any atom is -0.348 e. The van der Waals surface area contributed by atoms with E-state index in [4.69, 9.17) is 0 Å². The number of anilines is 2. The molecule has 12 heteroatoms. The molecule has 168 valence electrons. The third-order valence-electron chi connectivity index (χ3n) is 4.13. The molecule has 0 aliphatic heterocycles. The molecule has 0 radical (unpaired) electrons. The van der Waals surface area contributed by atoms with E-state index >= 15 is 0 Å². The summed E-state index contributed by atoms with van der Waals surface area (Å²) in [6.07, 6.45) is 3.78. The fraction of sp³-hybridized carbons (Fsp3) is 0.250. The van der Waals surface area contributed by atoms with Crippen LogP contribution in [0.1, 0.15) is 24.0 Å². The van der Waals surface area contributed by atoms with Crippen LogP contribution in [0.5, 0.6) is 0 Å². The smallest absolute Gasteiger partial charge is 0.264 e. The SMILES string of the molecule is CC(=O)Nc1ccc(S(=O)(=O)NC(=NCCc2cnc[nH]2)Nc2nc(C)cc(C)n2)cc1. The number of sulfonamides is 1. The molecule has 0 aliphatic carbocycles. The molecule has 0 unspecified atom stereocenters. The molecule has 1 amide bonds. The first-order valence-electron chi connectivity index (χ1n) is 9.73. The van der Waals surface area contributed by atoms with Crippen molar-refractivity contribution < 1.29 is 13.2 Å². The van der Waals surface area contributed by atoms with Crippen LogP contribution in [0.15, 0.2) is 52.7 Å². The highest BCUT2D eigenvalue weighted by molar-refractivity contribution is 7.90. The van der Waals surface area contributed by atoms with E-state index in [-0.39, 0.29) is 22.7 Å². The van der Waals surface area contributed by atoms with Crippen molar-refractivity contribution in [2.24, 2.45) is 4.99 Å². The fourth-order valence-electron chi connectivity index (χ4n) is 2.80. The standard InChI is InChI=1S/C20H24N8O3S/c1-13-10-14(2)25-20(24-13)27-19(22-9-8-17-11-21-12-23-17)28-32(30,31)18-6-4-16(5-7-18)26-15(3)29/h4-7,10-12H,8-9H2,1-3H3,(H,21,23)(H,26,29)(H2,22,24,25,27,28). The first kappa shape index (κ1) is 22.9. The van der Waals surface area contributed by atoms with Crippen molar-refractivity contribution in [1.82, 2.24) is 24.7 Å². The quantitative estimate of drug-likeness (QED) is 0.312. The number of aromatic amines is 1. The van der Waals surface area contributed by atoms with Gasteiger partial charge in [0.05, 0.1) is 11.2 Å². The molecule has 0 saturated heterocycles. The van der Waals surface area contributed by atoms with Gasteiger partial charge >= 0.3 is 0 Å². The van der Waals surface area contributed by atoms with Gasteiger partial charge in [0.15, 0.2) is 0 Å². The number of imidazole rings is 1. The van der Waals surface area contributed by atoms with Crippen molar-refractivity contribution in [1.29, 1.82) is 0 Å². The number of nitrogens with zero attached hydrogens (tertiary/aromatic N) is 4. The second-order valence-corrected chi connectivity index (χ2v) is 8.65. The molecule has 0 saturated carbocycles. The van der Waals surface area contributed by atoms with Crippen LogP contribution in [0.4, 0.5) is 11.6 Å².